The summed E-state index contributed by atoms with van der Waals surface area (Å²) < 4.78 is 0. The van der Waals surface area contributed by atoms with Gasteiger partial charge in [-0.15, -0.1) is 0 Å². The Bertz CT molecular complexity index is 455. The highest BCUT2D eigenvalue weighted by atomic mass is 35.5. The van der Waals surface area contributed by atoms with Crippen molar-refractivity contribution in [2.75, 3.05) is 6.54 Å². The van der Waals surface area contributed by atoms with E-state index in [-0.39, 0.29) is 0 Å². The van der Waals surface area contributed by atoms with E-state index in [9.17, 15) is 0 Å². The molecular formula is C19H28ClN. The molecule has 0 bridgehead atoms. The molecule has 3 unspecified atom stereocenters. The molecule has 0 aromatic heterocycles. The topological polar surface area (TPSA) is 12.0 Å². The fourth-order valence-electron chi connectivity index (χ4n) is 3.89. The first-order valence-corrected chi connectivity index (χ1v) is 9.10. The Morgan fingerprint density at radius 1 is 1.14 bits per heavy atom. The molecular weight excluding hydrogens is 278 g/mol. The lowest BCUT2D eigenvalue weighted by molar-refractivity contribution is 0.171. The van der Waals surface area contributed by atoms with Gasteiger partial charge in [-0.25, -0.2) is 0 Å². The van der Waals surface area contributed by atoms with Gasteiger partial charge in [-0.3, -0.25) is 0 Å². The third kappa shape index (κ3) is 4.47. The zero-order valence-electron chi connectivity index (χ0n) is 13.2. The van der Waals surface area contributed by atoms with Gasteiger partial charge in [0.1, 0.15) is 0 Å². The van der Waals surface area contributed by atoms with Crippen LogP contribution in [0.5, 0.6) is 0 Å². The fourth-order valence-corrected chi connectivity index (χ4v) is 4.10. The number of nitrogens with one attached hydrogen (secondary N) is 1. The van der Waals surface area contributed by atoms with E-state index in [1.54, 1.807) is 0 Å². The standard InChI is InChI=1S/C19H28ClN/c1-2-14-6-7-16(13-21-19-8-9-19)17(10-14)11-15-4-3-5-18(20)12-15/h3-5,12,14,16-17,19,21H,2,6-11,13H2,1H3. The summed E-state index contributed by atoms with van der Waals surface area (Å²) >= 11 is 6.15. The van der Waals surface area contributed by atoms with E-state index in [2.05, 4.69) is 30.4 Å². The van der Waals surface area contributed by atoms with Crippen molar-refractivity contribution in [2.24, 2.45) is 17.8 Å². The van der Waals surface area contributed by atoms with Gasteiger partial charge < -0.3 is 5.32 Å². The summed E-state index contributed by atoms with van der Waals surface area (Å²) in [6.07, 6.45) is 9.57. The SMILES string of the molecule is CCC1CCC(CNC2CC2)C(Cc2cccc(Cl)c2)C1. The molecule has 1 aromatic rings. The highest BCUT2D eigenvalue weighted by Gasteiger charge is 2.31. The summed E-state index contributed by atoms with van der Waals surface area (Å²) in [5.41, 5.74) is 1.42. The zero-order chi connectivity index (χ0) is 14.7. The number of hydrogen-bond donors (Lipinski definition) is 1. The lowest BCUT2D eigenvalue weighted by atomic mass is 9.71. The quantitative estimate of drug-likeness (QED) is 0.773. The van der Waals surface area contributed by atoms with E-state index in [4.69, 9.17) is 11.6 Å². The summed E-state index contributed by atoms with van der Waals surface area (Å²) in [7, 11) is 0. The predicted octanol–water partition coefficient (Wildman–Crippen LogP) is 5.08. The molecule has 0 amide bonds. The molecule has 2 heteroatoms. The Balaban J connectivity index is 1.63. The predicted molar refractivity (Wildman–Crippen MR) is 90.8 cm³/mol. The number of benzene rings is 1. The third-order valence-electron chi connectivity index (χ3n) is 5.46. The third-order valence-corrected chi connectivity index (χ3v) is 5.69. The van der Waals surface area contributed by atoms with Crippen molar-refractivity contribution in [3.8, 4) is 0 Å². The van der Waals surface area contributed by atoms with Gasteiger partial charge in [-0.05, 0) is 74.1 Å². The molecule has 0 radical (unpaired) electrons. The maximum Gasteiger partial charge on any atom is 0.0408 e. The molecule has 0 saturated heterocycles. The summed E-state index contributed by atoms with van der Waals surface area (Å²) in [4.78, 5) is 0. The van der Waals surface area contributed by atoms with Crippen molar-refractivity contribution in [1.29, 1.82) is 0 Å². The summed E-state index contributed by atoms with van der Waals surface area (Å²) in [5, 5.41) is 4.64. The maximum absolute atomic E-state index is 6.15. The van der Waals surface area contributed by atoms with Crippen LogP contribution in [-0.4, -0.2) is 12.6 Å². The Labute approximate surface area is 134 Å². The van der Waals surface area contributed by atoms with Crippen LogP contribution in [0.25, 0.3) is 0 Å². The van der Waals surface area contributed by atoms with Crippen LogP contribution in [0.3, 0.4) is 0 Å². The van der Waals surface area contributed by atoms with E-state index in [1.807, 2.05) is 6.07 Å². The first-order valence-electron chi connectivity index (χ1n) is 8.72. The molecule has 0 aliphatic heterocycles. The zero-order valence-corrected chi connectivity index (χ0v) is 13.9. The van der Waals surface area contributed by atoms with E-state index in [0.717, 1.165) is 28.8 Å². The first-order chi connectivity index (χ1) is 10.2. The van der Waals surface area contributed by atoms with Gasteiger partial charge in [-0.1, -0.05) is 43.5 Å². The monoisotopic (exact) mass is 305 g/mol. The Kier molecular flexibility index (Phi) is 5.24. The molecule has 2 aliphatic carbocycles. The molecule has 2 fully saturated rings. The second-order valence-corrected chi connectivity index (χ2v) is 7.56. The minimum absolute atomic E-state index is 0.827. The van der Waals surface area contributed by atoms with Gasteiger partial charge in [0.2, 0.25) is 0 Å². The normalized spacial score (nSPS) is 29.5. The molecule has 21 heavy (non-hydrogen) atoms. The Hall–Kier alpha value is -0.530. The summed E-state index contributed by atoms with van der Waals surface area (Å²) in [6.45, 7) is 3.58. The van der Waals surface area contributed by atoms with E-state index in [0.29, 0.717) is 0 Å². The first kappa shape index (κ1) is 15.4. The summed E-state index contributed by atoms with van der Waals surface area (Å²) in [6, 6.07) is 9.30. The van der Waals surface area contributed by atoms with Crippen molar-refractivity contribution >= 4 is 11.6 Å². The molecule has 1 aromatic carbocycles. The van der Waals surface area contributed by atoms with Crippen LogP contribution >= 0.6 is 11.6 Å². The van der Waals surface area contributed by atoms with Gasteiger partial charge in [0.15, 0.2) is 0 Å². The molecule has 3 rings (SSSR count). The molecule has 3 atom stereocenters. The van der Waals surface area contributed by atoms with Gasteiger partial charge in [0.05, 0.1) is 0 Å². The Morgan fingerprint density at radius 2 is 2.00 bits per heavy atom. The van der Waals surface area contributed by atoms with Crippen molar-refractivity contribution in [3.05, 3.63) is 34.9 Å². The van der Waals surface area contributed by atoms with Crippen LogP contribution in [0.4, 0.5) is 0 Å². The highest BCUT2D eigenvalue weighted by Crippen LogP contribution is 2.37. The molecule has 0 heterocycles. The van der Waals surface area contributed by atoms with Crippen molar-refractivity contribution < 1.29 is 0 Å². The van der Waals surface area contributed by atoms with Crippen molar-refractivity contribution in [2.45, 2.75) is 57.9 Å². The minimum Gasteiger partial charge on any atom is -0.314 e. The number of rotatable bonds is 6. The van der Waals surface area contributed by atoms with Crippen LogP contribution in [0.1, 0.15) is 51.0 Å². The van der Waals surface area contributed by atoms with Crippen LogP contribution < -0.4 is 5.32 Å². The van der Waals surface area contributed by atoms with Crippen LogP contribution in [0.15, 0.2) is 24.3 Å². The van der Waals surface area contributed by atoms with Crippen LogP contribution in [0, 0.1) is 17.8 Å². The smallest absolute Gasteiger partial charge is 0.0408 e. The van der Waals surface area contributed by atoms with Crippen LogP contribution in [0.2, 0.25) is 5.02 Å². The van der Waals surface area contributed by atoms with E-state index < -0.39 is 0 Å². The molecule has 0 spiro atoms. The lowest BCUT2D eigenvalue weighted by Crippen LogP contribution is -2.35. The molecule has 1 N–H and O–H groups in total. The average Bonchev–Trinajstić information content (AvgIpc) is 3.30. The van der Waals surface area contributed by atoms with Gasteiger partial charge in [0.25, 0.3) is 0 Å². The number of halogens is 1. The average molecular weight is 306 g/mol. The second kappa shape index (κ2) is 7.15. The molecule has 2 aliphatic rings. The molecule has 116 valence electrons. The van der Waals surface area contributed by atoms with Gasteiger partial charge in [-0.2, -0.15) is 0 Å². The van der Waals surface area contributed by atoms with Gasteiger partial charge >= 0.3 is 0 Å². The van der Waals surface area contributed by atoms with E-state index >= 15 is 0 Å². The largest absolute Gasteiger partial charge is 0.314 e. The van der Waals surface area contributed by atoms with E-state index in [1.165, 1.54) is 57.1 Å². The molecule has 2 saturated carbocycles. The van der Waals surface area contributed by atoms with Gasteiger partial charge in [0, 0.05) is 11.1 Å². The summed E-state index contributed by atoms with van der Waals surface area (Å²) in [5.74, 6) is 2.62. The lowest BCUT2D eigenvalue weighted by Gasteiger charge is -2.36. The van der Waals surface area contributed by atoms with Crippen LogP contribution in [-0.2, 0) is 6.42 Å². The second-order valence-electron chi connectivity index (χ2n) is 7.12. The Morgan fingerprint density at radius 3 is 2.71 bits per heavy atom. The van der Waals surface area contributed by atoms with Crippen molar-refractivity contribution in [3.63, 3.8) is 0 Å². The number of hydrogen-bond acceptors (Lipinski definition) is 1. The highest BCUT2D eigenvalue weighted by molar-refractivity contribution is 6.30. The molecule has 1 nitrogen and oxygen atoms in total. The van der Waals surface area contributed by atoms with Crippen molar-refractivity contribution in [1.82, 2.24) is 5.32 Å². The maximum atomic E-state index is 6.15. The fraction of sp³-hybridized carbons (Fsp3) is 0.684. The minimum atomic E-state index is 0.827.